The monoisotopic (exact) mass is 434 g/mol. The fraction of sp³-hybridized carbons (Fsp3) is 0.417. The van der Waals surface area contributed by atoms with Crippen molar-refractivity contribution in [2.24, 2.45) is 7.05 Å². The van der Waals surface area contributed by atoms with Crippen LogP contribution in [0.15, 0.2) is 30.5 Å². The van der Waals surface area contributed by atoms with E-state index in [1.165, 1.54) is 5.56 Å². The molecule has 3 heterocycles. The molecule has 0 aliphatic carbocycles. The average Bonchev–Trinajstić information content (AvgIpc) is 3.06. The third-order valence-corrected chi connectivity index (χ3v) is 5.83. The molecule has 0 fully saturated rings. The third-order valence-electron chi connectivity index (χ3n) is 5.83. The second-order valence-corrected chi connectivity index (χ2v) is 8.44. The predicted molar refractivity (Wildman–Crippen MR) is 122 cm³/mol. The first-order valence-electron chi connectivity index (χ1n) is 10.8. The van der Waals surface area contributed by atoms with E-state index in [-0.39, 0.29) is 5.91 Å². The van der Waals surface area contributed by atoms with E-state index in [9.17, 15) is 4.79 Å². The minimum atomic E-state index is 0.0868. The number of fused-ring (bicyclic) bond motifs is 1. The average molecular weight is 435 g/mol. The topological polar surface area (TPSA) is 76.4 Å². The van der Waals surface area contributed by atoms with Crippen LogP contribution in [0.2, 0.25) is 0 Å². The van der Waals surface area contributed by atoms with E-state index < -0.39 is 0 Å². The molecule has 0 bridgehead atoms. The number of benzene rings is 1. The van der Waals surface area contributed by atoms with Gasteiger partial charge in [0.25, 0.3) is 0 Å². The van der Waals surface area contributed by atoms with Crippen molar-refractivity contribution in [1.82, 2.24) is 24.6 Å². The molecule has 0 spiro atoms. The third kappa shape index (κ3) is 4.65. The fourth-order valence-electron chi connectivity index (χ4n) is 4.22. The first-order valence-corrected chi connectivity index (χ1v) is 10.8. The highest BCUT2D eigenvalue weighted by atomic mass is 16.5. The van der Waals surface area contributed by atoms with Gasteiger partial charge in [-0.3, -0.25) is 19.3 Å². The van der Waals surface area contributed by atoms with Crippen LogP contribution in [0.4, 0.5) is 5.82 Å². The van der Waals surface area contributed by atoms with Crippen LogP contribution in [0, 0.1) is 13.8 Å². The zero-order valence-electron chi connectivity index (χ0n) is 19.4. The maximum Gasteiger partial charge on any atom is 0.228 e. The summed E-state index contributed by atoms with van der Waals surface area (Å²) in [6, 6.07) is 7.80. The highest BCUT2D eigenvalue weighted by molar-refractivity contribution is 5.95. The summed E-state index contributed by atoms with van der Waals surface area (Å²) in [5, 5.41) is 4.42. The highest BCUT2D eigenvalue weighted by Gasteiger charge is 2.28. The Labute approximate surface area is 188 Å². The molecule has 0 radical (unpaired) electrons. The molecule has 0 saturated heterocycles. The lowest BCUT2D eigenvalue weighted by Gasteiger charge is -2.30. The number of methoxy groups -OCH3 is 1. The summed E-state index contributed by atoms with van der Waals surface area (Å²) in [5.41, 5.74) is 5.21. The van der Waals surface area contributed by atoms with Crippen LogP contribution in [-0.4, -0.2) is 44.7 Å². The lowest BCUT2D eigenvalue weighted by Crippen LogP contribution is -2.36. The van der Waals surface area contributed by atoms with Gasteiger partial charge >= 0.3 is 0 Å². The van der Waals surface area contributed by atoms with Crippen LogP contribution in [0.1, 0.15) is 40.3 Å². The van der Waals surface area contributed by atoms with E-state index in [1.54, 1.807) is 12.0 Å². The molecule has 1 aliphatic heterocycles. The van der Waals surface area contributed by atoms with Crippen molar-refractivity contribution in [3.05, 3.63) is 64.4 Å². The van der Waals surface area contributed by atoms with E-state index in [0.29, 0.717) is 25.9 Å². The molecule has 0 atom stereocenters. The van der Waals surface area contributed by atoms with Gasteiger partial charge in [0.15, 0.2) is 0 Å². The lowest BCUT2D eigenvalue weighted by atomic mass is 10.0. The molecule has 2 aromatic heterocycles. The minimum Gasteiger partial charge on any atom is -0.497 e. The smallest absolute Gasteiger partial charge is 0.228 e. The normalized spacial score (nSPS) is 13.6. The number of rotatable bonds is 7. The molecule has 0 N–H and O–H groups in total. The molecule has 8 nitrogen and oxygen atoms in total. The standard InChI is InChI=1S/C24H30N6O2/c1-16-19(14-29(4)27-16)13-28(3)15-22-25-17(2)21-9-10-23(31)30(24(21)26-22)12-18-7-6-8-20(11-18)32-5/h6-8,11,14H,9-10,12-13,15H2,1-5H3. The zero-order chi connectivity index (χ0) is 22.8. The number of hydrogen-bond donors (Lipinski definition) is 0. The van der Waals surface area contributed by atoms with Crippen molar-refractivity contribution >= 4 is 11.7 Å². The summed E-state index contributed by atoms with van der Waals surface area (Å²) in [7, 11) is 5.62. The number of ether oxygens (including phenoxy) is 1. The number of amides is 1. The van der Waals surface area contributed by atoms with Crippen molar-refractivity contribution in [2.45, 2.75) is 46.3 Å². The van der Waals surface area contributed by atoms with E-state index in [0.717, 1.165) is 46.5 Å². The summed E-state index contributed by atoms with van der Waals surface area (Å²) in [5.74, 6) is 2.32. The van der Waals surface area contributed by atoms with Gasteiger partial charge in [-0.2, -0.15) is 5.10 Å². The molecule has 1 amide bonds. The van der Waals surface area contributed by atoms with Crippen molar-refractivity contribution in [2.75, 3.05) is 19.1 Å². The molecule has 0 unspecified atom stereocenters. The molecule has 168 valence electrons. The van der Waals surface area contributed by atoms with Crippen molar-refractivity contribution < 1.29 is 9.53 Å². The fourth-order valence-corrected chi connectivity index (χ4v) is 4.22. The van der Waals surface area contributed by atoms with Gasteiger partial charge in [0, 0.05) is 43.0 Å². The number of aryl methyl sites for hydroxylation is 3. The molecule has 3 aromatic rings. The van der Waals surface area contributed by atoms with E-state index in [1.807, 2.05) is 63.1 Å². The number of hydrogen-bond acceptors (Lipinski definition) is 6. The van der Waals surface area contributed by atoms with E-state index in [4.69, 9.17) is 14.7 Å². The second kappa shape index (κ2) is 9.08. The van der Waals surface area contributed by atoms with Gasteiger partial charge in [-0.15, -0.1) is 0 Å². The van der Waals surface area contributed by atoms with Crippen LogP contribution >= 0.6 is 0 Å². The van der Waals surface area contributed by atoms with Gasteiger partial charge in [0.05, 0.1) is 25.9 Å². The molecule has 32 heavy (non-hydrogen) atoms. The SMILES string of the molecule is COc1cccc(CN2C(=O)CCc3c(C)nc(CN(C)Cc4cn(C)nc4C)nc32)c1. The van der Waals surface area contributed by atoms with Crippen LogP contribution in [0.5, 0.6) is 5.75 Å². The number of carbonyl (C=O) groups is 1. The van der Waals surface area contributed by atoms with Crippen LogP contribution in [0.25, 0.3) is 0 Å². The molecule has 8 heteroatoms. The molecule has 4 rings (SSSR count). The number of aromatic nitrogens is 4. The quantitative estimate of drug-likeness (QED) is 0.569. The summed E-state index contributed by atoms with van der Waals surface area (Å²) >= 11 is 0. The van der Waals surface area contributed by atoms with Crippen molar-refractivity contribution in [3.8, 4) is 5.75 Å². The molecule has 1 aliphatic rings. The molecular weight excluding hydrogens is 404 g/mol. The summed E-state index contributed by atoms with van der Waals surface area (Å²) in [6.45, 7) is 5.83. The van der Waals surface area contributed by atoms with Crippen molar-refractivity contribution in [1.29, 1.82) is 0 Å². The number of anilines is 1. The summed E-state index contributed by atoms with van der Waals surface area (Å²) in [6.07, 6.45) is 3.19. The summed E-state index contributed by atoms with van der Waals surface area (Å²) in [4.78, 5) is 26.4. The largest absolute Gasteiger partial charge is 0.497 e. The maximum atomic E-state index is 12.9. The van der Waals surface area contributed by atoms with Crippen molar-refractivity contribution in [3.63, 3.8) is 0 Å². The number of carbonyl (C=O) groups excluding carboxylic acids is 1. The van der Waals surface area contributed by atoms with Gasteiger partial charge in [0.2, 0.25) is 5.91 Å². The Morgan fingerprint density at radius 1 is 1.12 bits per heavy atom. The Bertz CT molecular complexity index is 1140. The Balaban J connectivity index is 1.58. The van der Waals surface area contributed by atoms with Crippen LogP contribution in [-0.2, 0) is 37.9 Å². The van der Waals surface area contributed by atoms with Gasteiger partial charge in [-0.1, -0.05) is 12.1 Å². The van der Waals surface area contributed by atoms with Gasteiger partial charge in [-0.25, -0.2) is 9.97 Å². The summed E-state index contributed by atoms with van der Waals surface area (Å²) < 4.78 is 7.17. The Kier molecular flexibility index (Phi) is 6.23. The van der Waals surface area contributed by atoms with E-state index >= 15 is 0 Å². The number of nitrogens with zero attached hydrogens (tertiary/aromatic N) is 6. The molecular formula is C24H30N6O2. The molecule has 1 aromatic carbocycles. The van der Waals surface area contributed by atoms with Gasteiger partial charge in [0.1, 0.15) is 17.4 Å². The first-order chi connectivity index (χ1) is 15.3. The van der Waals surface area contributed by atoms with Crippen LogP contribution in [0.3, 0.4) is 0 Å². The minimum absolute atomic E-state index is 0.0868. The Morgan fingerprint density at radius 3 is 2.66 bits per heavy atom. The lowest BCUT2D eigenvalue weighted by molar-refractivity contribution is -0.119. The highest BCUT2D eigenvalue weighted by Crippen LogP contribution is 2.30. The zero-order valence-corrected chi connectivity index (χ0v) is 19.4. The Hall–Kier alpha value is -3.26. The first kappa shape index (κ1) is 22.0. The Morgan fingerprint density at radius 2 is 1.94 bits per heavy atom. The van der Waals surface area contributed by atoms with Crippen LogP contribution < -0.4 is 9.64 Å². The van der Waals surface area contributed by atoms with E-state index in [2.05, 4.69) is 10.00 Å². The predicted octanol–water partition coefficient (Wildman–Crippen LogP) is 2.95. The molecule has 0 saturated carbocycles. The second-order valence-electron chi connectivity index (χ2n) is 8.44. The van der Waals surface area contributed by atoms with Gasteiger partial charge < -0.3 is 4.74 Å². The van der Waals surface area contributed by atoms with Gasteiger partial charge in [-0.05, 0) is 45.0 Å². The maximum absolute atomic E-state index is 12.9.